The molecule has 0 spiro atoms. The monoisotopic (exact) mass is 324 g/mol. The Morgan fingerprint density at radius 1 is 1.29 bits per heavy atom. The summed E-state index contributed by atoms with van der Waals surface area (Å²) in [6, 6.07) is 7.27. The molecule has 5 nitrogen and oxygen atoms in total. The molecule has 0 heterocycles. The zero-order valence-electron chi connectivity index (χ0n) is 10.9. The lowest BCUT2D eigenvalue weighted by Gasteiger charge is -2.03. The van der Waals surface area contributed by atoms with Crippen LogP contribution in [0.25, 0.3) is 0 Å². The van der Waals surface area contributed by atoms with E-state index in [4.69, 9.17) is 23.2 Å². The Morgan fingerprint density at radius 2 is 2.00 bits per heavy atom. The summed E-state index contributed by atoms with van der Waals surface area (Å²) in [6.45, 7) is 1.71. The summed E-state index contributed by atoms with van der Waals surface area (Å²) < 4.78 is 0. The maximum absolute atomic E-state index is 10.7. The van der Waals surface area contributed by atoms with E-state index in [1.807, 2.05) is 0 Å². The summed E-state index contributed by atoms with van der Waals surface area (Å²) in [5.74, 6) is -0.121. The van der Waals surface area contributed by atoms with E-state index in [9.17, 15) is 15.2 Å². The van der Waals surface area contributed by atoms with Crippen LogP contribution < -0.4 is 0 Å². The summed E-state index contributed by atoms with van der Waals surface area (Å²) >= 11 is 11.7. The molecule has 0 aliphatic heterocycles. The van der Waals surface area contributed by atoms with Crippen molar-refractivity contribution in [3.8, 4) is 5.75 Å². The molecule has 0 aliphatic rings. The van der Waals surface area contributed by atoms with Gasteiger partial charge in [-0.25, -0.2) is 0 Å². The lowest BCUT2D eigenvalue weighted by Crippen LogP contribution is -1.89. The van der Waals surface area contributed by atoms with E-state index in [0.717, 1.165) is 0 Å². The van der Waals surface area contributed by atoms with E-state index in [0.29, 0.717) is 21.8 Å². The summed E-state index contributed by atoms with van der Waals surface area (Å²) in [5, 5.41) is 21.0. The second-order valence-electron chi connectivity index (χ2n) is 4.31. The third-order valence-electron chi connectivity index (χ3n) is 2.79. The molecule has 0 saturated carbocycles. The van der Waals surface area contributed by atoms with Crippen LogP contribution in [0, 0.1) is 17.0 Å². The highest BCUT2D eigenvalue weighted by molar-refractivity contribution is 6.36. The van der Waals surface area contributed by atoms with Gasteiger partial charge in [0.15, 0.2) is 0 Å². The Balaban J connectivity index is 2.36. The highest BCUT2D eigenvalue weighted by Gasteiger charge is 2.08. The van der Waals surface area contributed by atoms with Gasteiger partial charge in [-0.3, -0.25) is 15.1 Å². The second-order valence-corrected chi connectivity index (χ2v) is 5.16. The van der Waals surface area contributed by atoms with Crippen LogP contribution in [0.1, 0.15) is 11.1 Å². The molecule has 0 bridgehead atoms. The third kappa shape index (κ3) is 3.51. The number of phenols is 1. The predicted octanol–water partition coefficient (Wildman–Crippen LogP) is 4.67. The molecule has 0 atom stereocenters. The Kier molecular flexibility index (Phi) is 4.45. The van der Waals surface area contributed by atoms with E-state index in [1.165, 1.54) is 36.5 Å². The number of aromatic hydroxyl groups is 1. The quantitative estimate of drug-likeness (QED) is 0.506. The van der Waals surface area contributed by atoms with Crippen molar-refractivity contribution in [1.29, 1.82) is 0 Å². The van der Waals surface area contributed by atoms with Crippen molar-refractivity contribution in [3.05, 3.63) is 61.6 Å². The van der Waals surface area contributed by atoms with Crippen molar-refractivity contribution in [2.75, 3.05) is 0 Å². The van der Waals surface area contributed by atoms with Crippen LogP contribution in [0.5, 0.6) is 5.75 Å². The SMILES string of the molecule is Cc1cc([N+](=O)[O-])ccc1N=Cc1cc(Cl)cc(Cl)c1O. The zero-order valence-corrected chi connectivity index (χ0v) is 12.4. The van der Waals surface area contributed by atoms with Gasteiger partial charge >= 0.3 is 0 Å². The number of nitrogens with zero attached hydrogens (tertiary/aromatic N) is 2. The Bertz CT molecular complexity index is 745. The van der Waals surface area contributed by atoms with E-state index in [-0.39, 0.29) is 16.5 Å². The second kappa shape index (κ2) is 6.11. The minimum atomic E-state index is -0.469. The summed E-state index contributed by atoms with van der Waals surface area (Å²) in [4.78, 5) is 14.4. The minimum Gasteiger partial charge on any atom is -0.506 e. The first-order chi connectivity index (χ1) is 9.88. The molecular weight excluding hydrogens is 315 g/mol. The van der Waals surface area contributed by atoms with Crippen molar-refractivity contribution < 1.29 is 10.0 Å². The van der Waals surface area contributed by atoms with Gasteiger partial charge in [0.25, 0.3) is 5.69 Å². The maximum atomic E-state index is 10.7. The molecule has 0 fully saturated rings. The van der Waals surface area contributed by atoms with Crippen LogP contribution in [0.4, 0.5) is 11.4 Å². The minimum absolute atomic E-state index is 0.0000900. The van der Waals surface area contributed by atoms with Gasteiger partial charge in [-0.1, -0.05) is 23.2 Å². The summed E-state index contributed by atoms with van der Waals surface area (Å²) in [5.41, 5.74) is 1.56. The predicted molar refractivity (Wildman–Crippen MR) is 83.2 cm³/mol. The van der Waals surface area contributed by atoms with Crippen molar-refractivity contribution in [2.24, 2.45) is 4.99 Å². The topological polar surface area (TPSA) is 75.7 Å². The normalized spacial score (nSPS) is 11.0. The summed E-state index contributed by atoms with van der Waals surface area (Å²) in [7, 11) is 0. The average Bonchev–Trinajstić information content (AvgIpc) is 2.42. The largest absolute Gasteiger partial charge is 0.506 e. The molecule has 0 amide bonds. The Morgan fingerprint density at radius 3 is 2.62 bits per heavy atom. The van der Waals surface area contributed by atoms with Crippen LogP contribution in [0.2, 0.25) is 10.0 Å². The van der Waals surface area contributed by atoms with Gasteiger partial charge in [-0.15, -0.1) is 0 Å². The molecule has 2 aromatic carbocycles. The molecule has 21 heavy (non-hydrogen) atoms. The highest BCUT2D eigenvalue weighted by atomic mass is 35.5. The van der Waals surface area contributed by atoms with Crippen molar-refractivity contribution in [2.45, 2.75) is 6.92 Å². The number of nitro benzene ring substituents is 1. The number of benzene rings is 2. The molecule has 0 unspecified atom stereocenters. The lowest BCUT2D eigenvalue weighted by atomic mass is 10.1. The molecule has 1 N–H and O–H groups in total. The van der Waals surface area contributed by atoms with E-state index >= 15 is 0 Å². The number of phenolic OH excluding ortho intramolecular Hbond substituents is 1. The van der Waals surface area contributed by atoms with Gasteiger partial charge < -0.3 is 5.11 Å². The highest BCUT2D eigenvalue weighted by Crippen LogP contribution is 2.31. The number of aryl methyl sites for hydroxylation is 1. The fraction of sp³-hybridized carbons (Fsp3) is 0.0714. The number of aliphatic imine (C=N–C) groups is 1. The lowest BCUT2D eigenvalue weighted by molar-refractivity contribution is -0.384. The molecule has 0 saturated heterocycles. The summed E-state index contributed by atoms with van der Waals surface area (Å²) in [6.07, 6.45) is 1.40. The van der Waals surface area contributed by atoms with Gasteiger partial charge in [-0.05, 0) is 30.7 Å². The molecule has 2 aromatic rings. The number of nitro groups is 1. The molecule has 0 aliphatic carbocycles. The maximum Gasteiger partial charge on any atom is 0.269 e. The van der Waals surface area contributed by atoms with Gasteiger partial charge in [0.1, 0.15) is 5.75 Å². The fourth-order valence-corrected chi connectivity index (χ4v) is 2.23. The van der Waals surface area contributed by atoms with Crippen molar-refractivity contribution in [3.63, 3.8) is 0 Å². The van der Waals surface area contributed by atoms with Gasteiger partial charge in [-0.2, -0.15) is 0 Å². The van der Waals surface area contributed by atoms with Crippen LogP contribution in [-0.4, -0.2) is 16.2 Å². The standard InChI is InChI=1S/C14H10Cl2N2O3/c1-8-4-11(18(20)21)2-3-13(8)17-7-9-5-10(15)6-12(16)14(9)19/h2-7,19H,1H3. The number of non-ortho nitro benzene ring substituents is 1. The first-order valence-electron chi connectivity index (χ1n) is 5.85. The number of hydrogen-bond acceptors (Lipinski definition) is 4. The van der Waals surface area contributed by atoms with Crippen molar-refractivity contribution in [1.82, 2.24) is 0 Å². The van der Waals surface area contributed by atoms with E-state index < -0.39 is 4.92 Å². The van der Waals surface area contributed by atoms with Gasteiger partial charge in [0.2, 0.25) is 0 Å². The van der Waals surface area contributed by atoms with Crippen LogP contribution >= 0.6 is 23.2 Å². The molecule has 2 rings (SSSR count). The zero-order chi connectivity index (χ0) is 15.6. The third-order valence-corrected chi connectivity index (χ3v) is 3.30. The first-order valence-corrected chi connectivity index (χ1v) is 6.61. The number of rotatable bonds is 3. The fourth-order valence-electron chi connectivity index (χ4n) is 1.72. The van der Waals surface area contributed by atoms with Crippen molar-refractivity contribution >= 4 is 40.8 Å². The van der Waals surface area contributed by atoms with Gasteiger partial charge in [0.05, 0.1) is 15.6 Å². The average molecular weight is 325 g/mol. The Labute approximate surface area is 130 Å². The number of halogens is 2. The molecule has 0 radical (unpaired) electrons. The molecule has 0 aromatic heterocycles. The van der Waals surface area contributed by atoms with E-state index in [2.05, 4.69) is 4.99 Å². The first kappa shape index (κ1) is 15.3. The van der Waals surface area contributed by atoms with E-state index in [1.54, 1.807) is 6.92 Å². The van der Waals surface area contributed by atoms with Crippen LogP contribution in [-0.2, 0) is 0 Å². The smallest absolute Gasteiger partial charge is 0.269 e. The molecule has 108 valence electrons. The number of hydrogen-bond donors (Lipinski definition) is 1. The Hall–Kier alpha value is -2.11. The van der Waals surface area contributed by atoms with Crippen LogP contribution in [0.3, 0.4) is 0 Å². The van der Waals surface area contributed by atoms with Gasteiger partial charge in [0, 0.05) is 28.9 Å². The molecule has 7 heteroatoms. The molecular formula is C14H10Cl2N2O3. The van der Waals surface area contributed by atoms with Crippen LogP contribution in [0.15, 0.2) is 35.3 Å².